The minimum atomic E-state index is -3.02. The van der Waals surface area contributed by atoms with Crippen molar-refractivity contribution in [3.63, 3.8) is 0 Å². The summed E-state index contributed by atoms with van der Waals surface area (Å²) < 4.78 is 28.6. The number of methoxy groups -OCH3 is 1. The van der Waals surface area contributed by atoms with Gasteiger partial charge in [0.2, 0.25) is 5.91 Å². The third-order valence-corrected chi connectivity index (χ3v) is 7.05. The van der Waals surface area contributed by atoms with Gasteiger partial charge in [0, 0.05) is 31.1 Å². The number of sulfone groups is 1. The number of thiophene rings is 1. The zero-order valence-electron chi connectivity index (χ0n) is 14.5. The first-order chi connectivity index (χ1) is 11.3. The van der Waals surface area contributed by atoms with Gasteiger partial charge in [0.25, 0.3) is 0 Å². The van der Waals surface area contributed by atoms with Crippen LogP contribution < -0.4 is 0 Å². The molecule has 6 nitrogen and oxygen atoms in total. The fourth-order valence-electron chi connectivity index (χ4n) is 2.91. The molecule has 1 atom stereocenters. The maximum atomic E-state index is 12.7. The lowest BCUT2D eigenvalue weighted by molar-refractivity contribution is -0.134. The van der Waals surface area contributed by atoms with Gasteiger partial charge in [-0.15, -0.1) is 11.3 Å². The highest BCUT2D eigenvalue weighted by atomic mass is 32.2. The number of nitrogens with zero attached hydrogens (tertiary/aromatic N) is 2. The Morgan fingerprint density at radius 2 is 2.21 bits per heavy atom. The quantitative estimate of drug-likeness (QED) is 0.683. The van der Waals surface area contributed by atoms with Crippen LogP contribution in [0.4, 0.5) is 0 Å². The summed E-state index contributed by atoms with van der Waals surface area (Å²) in [5.74, 6) is 0.195. The lowest BCUT2D eigenvalue weighted by Crippen LogP contribution is -2.47. The highest BCUT2D eigenvalue weighted by Crippen LogP contribution is 2.19. The van der Waals surface area contributed by atoms with Gasteiger partial charge in [0.1, 0.15) is 0 Å². The highest BCUT2D eigenvalue weighted by Gasteiger charge is 2.34. The van der Waals surface area contributed by atoms with E-state index >= 15 is 0 Å². The van der Waals surface area contributed by atoms with Crippen LogP contribution in [0.3, 0.4) is 0 Å². The molecule has 0 N–H and O–H groups in total. The fourth-order valence-corrected chi connectivity index (χ4v) is 5.63. The second-order valence-electron chi connectivity index (χ2n) is 6.34. The first-order valence-electron chi connectivity index (χ1n) is 8.02. The number of hydrogen-bond donors (Lipinski definition) is 0. The van der Waals surface area contributed by atoms with Crippen LogP contribution in [0.25, 0.3) is 0 Å². The number of carbonyl (C=O) groups excluding carboxylic acids is 1. The molecule has 1 aromatic heterocycles. The van der Waals surface area contributed by atoms with Gasteiger partial charge in [0.05, 0.1) is 24.7 Å². The molecule has 1 saturated heterocycles. The number of likely N-dealkylation sites (N-methyl/N-ethyl adjacent to an activating group) is 1. The molecule has 0 radical (unpaired) electrons. The van der Waals surface area contributed by atoms with Crippen LogP contribution in [-0.2, 0) is 25.9 Å². The predicted octanol–water partition coefficient (Wildman–Crippen LogP) is 1.15. The van der Waals surface area contributed by atoms with Crippen molar-refractivity contribution in [2.24, 2.45) is 0 Å². The number of ether oxygens (including phenoxy) is 1. The Morgan fingerprint density at radius 1 is 1.46 bits per heavy atom. The van der Waals surface area contributed by atoms with E-state index in [1.165, 1.54) is 10.4 Å². The minimum absolute atomic E-state index is 0.0362. The Labute approximate surface area is 148 Å². The molecule has 1 aliphatic rings. The topological polar surface area (TPSA) is 66.9 Å². The van der Waals surface area contributed by atoms with Gasteiger partial charge in [-0.1, -0.05) is 0 Å². The van der Waals surface area contributed by atoms with Gasteiger partial charge in [-0.05, 0) is 37.4 Å². The van der Waals surface area contributed by atoms with Crippen molar-refractivity contribution in [1.29, 1.82) is 0 Å². The second kappa shape index (κ2) is 8.42. The molecule has 8 heteroatoms. The number of carbonyl (C=O) groups is 1. The lowest BCUT2D eigenvalue weighted by Gasteiger charge is -2.30. The van der Waals surface area contributed by atoms with E-state index in [0.717, 1.165) is 6.54 Å². The molecule has 0 aliphatic carbocycles. The molecule has 1 aromatic rings. The van der Waals surface area contributed by atoms with E-state index in [4.69, 9.17) is 4.74 Å². The molecule has 0 aromatic carbocycles. The van der Waals surface area contributed by atoms with Crippen LogP contribution in [0.15, 0.2) is 11.4 Å². The van der Waals surface area contributed by atoms with E-state index in [2.05, 4.69) is 18.4 Å². The van der Waals surface area contributed by atoms with Gasteiger partial charge in [-0.2, -0.15) is 0 Å². The molecule has 0 spiro atoms. The van der Waals surface area contributed by atoms with Crippen LogP contribution >= 0.6 is 11.3 Å². The summed E-state index contributed by atoms with van der Waals surface area (Å²) in [6.45, 7) is 3.90. The van der Waals surface area contributed by atoms with Crippen LogP contribution in [0.5, 0.6) is 0 Å². The van der Waals surface area contributed by atoms with E-state index < -0.39 is 9.84 Å². The van der Waals surface area contributed by atoms with Crippen molar-refractivity contribution in [1.82, 2.24) is 9.80 Å². The predicted molar refractivity (Wildman–Crippen MR) is 96.0 cm³/mol. The number of hydrogen-bond acceptors (Lipinski definition) is 6. The van der Waals surface area contributed by atoms with Crippen LogP contribution in [0, 0.1) is 6.92 Å². The lowest BCUT2D eigenvalue weighted by atomic mass is 10.2. The van der Waals surface area contributed by atoms with Crippen molar-refractivity contribution < 1.29 is 17.9 Å². The molecular weight excluding hydrogens is 348 g/mol. The number of amides is 1. The smallest absolute Gasteiger partial charge is 0.237 e. The zero-order valence-corrected chi connectivity index (χ0v) is 16.2. The summed E-state index contributed by atoms with van der Waals surface area (Å²) >= 11 is 1.69. The summed E-state index contributed by atoms with van der Waals surface area (Å²) in [6, 6.07) is 1.85. The summed E-state index contributed by atoms with van der Waals surface area (Å²) in [6.07, 6.45) is 0.519. The maximum absolute atomic E-state index is 12.7. The summed E-state index contributed by atoms with van der Waals surface area (Å²) in [7, 11) is 0.476. The molecule has 2 rings (SSSR count). The average molecular weight is 375 g/mol. The van der Waals surface area contributed by atoms with Crippen molar-refractivity contribution in [2.75, 3.05) is 45.4 Å². The van der Waals surface area contributed by atoms with E-state index in [-0.39, 0.29) is 30.0 Å². The third-order valence-electron chi connectivity index (χ3n) is 4.29. The van der Waals surface area contributed by atoms with Crippen molar-refractivity contribution in [2.45, 2.75) is 25.9 Å². The molecule has 24 heavy (non-hydrogen) atoms. The second-order valence-corrected chi connectivity index (χ2v) is 9.57. The molecule has 0 saturated carbocycles. The van der Waals surface area contributed by atoms with Gasteiger partial charge < -0.3 is 9.64 Å². The summed E-state index contributed by atoms with van der Waals surface area (Å²) in [5.41, 5.74) is 1.23. The Balaban J connectivity index is 1.98. The maximum Gasteiger partial charge on any atom is 0.237 e. The van der Waals surface area contributed by atoms with E-state index in [1.807, 2.05) is 11.9 Å². The average Bonchev–Trinajstić information content (AvgIpc) is 3.05. The monoisotopic (exact) mass is 374 g/mol. The summed E-state index contributed by atoms with van der Waals surface area (Å²) in [5, 5.41) is 2.05. The molecule has 136 valence electrons. The zero-order chi connectivity index (χ0) is 17.7. The minimum Gasteiger partial charge on any atom is -0.383 e. The van der Waals surface area contributed by atoms with Gasteiger partial charge in [-0.25, -0.2) is 8.42 Å². The molecule has 1 aliphatic heterocycles. The van der Waals surface area contributed by atoms with E-state index in [1.54, 1.807) is 23.3 Å². The first-order valence-corrected chi connectivity index (χ1v) is 10.7. The van der Waals surface area contributed by atoms with Crippen LogP contribution in [-0.4, -0.2) is 75.5 Å². The molecule has 2 heterocycles. The van der Waals surface area contributed by atoms with Crippen LogP contribution in [0.1, 0.15) is 16.9 Å². The highest BCUT2D eigenvalue weighted by molar-refractivity contribution is 7.91. The Morgan fingerprint density at radius 3 is 2.75 bits per heavy atom. The third kappa shape index (κ3) is 5.27. The summed E-state index contributed by atoms with van der Waals surface area (Å²) in [4.78, 5) is 17.6. The Hall–Kier alpha value is -0.960. The fraction of sp³-hybridized carbons (Fsp3) is 0.688. The Kier molecular flexibility index (Phi) is 6.79. The molecule has 0 bridgehead atoms. The largest absolute Gasteiger partial charge is 0.383 e. The van der Waals surface area contributed by atoms with E-state index in [9.17, 15) is 13.2 Å². The molecule has 1 unspecified atom stereocenters. The SMILES string of the molecule is COCCN(C(=O)CN(C)Cc1sccc1C)C1CCS(=O)(=O)C1. The van der Waals surface area contributed by atoms with Crippen molar-refractivity contribution in [3.05, 3.63) is 21.9 Å². The molecular formula is C16H26N2O4S2. The standard InChI is InChI=1S/C16H26N2O4S2/c1-13-4-8-23-15(13)10-17(2)11-16(19)18(6-7-22-3)14-5-9-24(20,21)12-14/h4,8,14H,5-7,9-12H2,1-3H3. The first kappa shape index (κ1) is 19.4. The normalized spacial score (nSPS) is 19.8. The van der Waals surface area contributed by atoms with Gasteiger partial charge >= 0.3 is 0 Å². The van der Waals surface area contributed by atoms with Gasteiger partial charge in [0.15, 0.2) is 9.84 Å². The number of aryl methyl sites for hydroxylation is 1. The van der Waals surface area contributed by atoms with Gasteiger partial charge in [-0.3, -0.25) is 9.69 Å². The van der Waals surface area contributed by atoms with Crippen molar-refractivity contribution in [3.8, 4) is 0 Å². The van der Waals surface area contributed by atoms with Crippen LogP contribution in [0.2, 0.25) is 0 Å². The van der Waals surface area contributed by atoms with Crippen molar-refractivity contribution >= 4 is 27.1 Å². The molecule has 1 fully saturated rings. The van der Waals surface area contributed by atoms with E-state index in [0.29, 0.717) is 19.6 Å². The Bertz CT molecular complexity index is 657. The molecule has 1 amide bonds. The number of rotatable bonds is 8.